The molecule has 3 aromatic rings. The summed E-state index contributed by atoms with van der Waals surface area (Å²) in [5.41, 5.74) is 8.51. The average Bonchev–Trinajstić information content (AvgIpc) is 3.16. The number of hydrogen-bond donors (Lipinski definition) is 1. The fourth-order valence-electron chi connectivity index (χ4n) is 3.22. The van der Waals surface area contributed by atoms with Crippen LogP contribution in [0.5, 0.6) is 17.2 Å². The molecule has 0 unspecified atom stereocenters. The van der Waals surface area contributed by atoms with Gasteiger partial charge in [0.25, 0.3) is 0 Å². The van der Waals surface area contributed by atoms with Gasteiger partial charge in [0.15, 0.2) is 17.3 Å². The van der Waals surface area contributed by atoms with Crippen LogP contribution in [0.1, 0.15) is 44.4 Å². The lowest BCUT2D eigenvalue weighted by Gasteiger charge is -2.14. The van der Waals surface area contributed by atoms with E-state index in [1.807, 2.05) is 12.3 Å². The lowest BCUT2D eigenvalue weighted by atomic mass is 10.0. The van der Waals surface area contributed by atoms with Crippen molar-refractivity contribution >= 4 is 11.7 Å². The van der Waals surface area contributed by atoms with Gasteiger partial charge in [-0.05, 0) is 48.6 Å². The van der Waals surface area contributed by atoms with Crippen molar-refractivity contribution in [3.63, 3.8) is 0 Å². The molecule has 0 aliphatic rings. The summed E-state index contributed by atoms with van der Waals surface area (Å²) < 4.78 is 18.3. The van der Waals surface area contributed by atoms with Gasteiger partial charge in [-0.2, -0.15) is 5.10 Å². The standard InChI is InChI=1S/C23H28N4O4/c1-15(2)22-17(14-27(26-22)21-11-10-18(24)13-25-21)7-6-12-30-23-19(29-4)8-5-9-20(23)31-16(3)28/h5,8-11,13-15H,6-7,12,24H2,1-4H3. The Morgan fingerprint density at radius 3 is 2.61 bits per heavy atom. The number of methoxy groups -OCH3 is 1. The summed E-state index contributed by atoms with van der Waals surface area (Å²) in [6, 6.07) is 8.85. The number of esters is 1. The number of hydrogen-bond acceptors (Lipinski definition) is 7. The van der Waals surface area contributed by atoms with Gasteiger partial charge in [-0.15, -0.1) is 0 Å². The Kier molecular flexibility index (Phi) is 7.12. The van der Waals surface area contributed by atoms with Crippen molar-refractivity contribution in [1.29, 1.82) is 0 Å². The van der Waals surface area contributed by atoms with Crippen LogP contribution >= 0.6 is 0 Å². The number of nitrogen functional groups attached to an aromatic ring is 1. The Balaban J connectivity index is 1.70. The number of aromatic nitrogens is 3. The molecule has 1 aromatic carbocycles. The minimum Gasteiger partial charge on any atom is -0.493 e. The largest absolute Gasteiger partial charge is 0.493 e. The van der Waals surface area contributed by atoms with E-state index in [4.69, 9.17) is 25.0 Å². The first-order valence-electron chi connectivity index (χ1n) is 10.2. The lowest BCUT2D eigenvalue weighted by molar-refractivity contribution is -0.132. The number of rotatable bonds is 9. The molecular weight excluding hydrogens is 396 g/mol. The maximum atomic E-state index is 11.4. The van der Waals surface area contributed by atoms with Crippen LogP contribution in [0.3, 0.4) is 0 Å². The summed E-state index contributed by atoms with van der Waals surface area (Å²) in [5.74, 6) is 1.87. The fourth-order valence-corrected chi connectivity index (χ4v) is 3.22. The monoisotopic (exact) mass is 424 g/mol. The molecule has 0 aliphatic carbocycles. The lowest BCUT2D eigenvalue weighted by Crippen LogP contribution is -2.07. The maximum absolute atomic E-state index is 11.4. The van der Waals surface area contributed by atoms with Crippen molar-refractivity contribution in [2.45, 2.75) is 39.5 Å². The summed E-state index contributed by atoms with van der Waals surface area (Å²) in [7, 11) is 1.55. The summed E-state index contributed by atoms with van der Waals surface area (Å²) in [4.78, 5) is 15.7. The van der Waals surface area contributed by atoms with E-state index in [0.29, 0.717) is 29.5 Å². The first-order chi connectivity index (χ1) is 14.9. The van der Waals surface area contributed by atoms with Crippen molar-refractivity contribution < 1.29 is 19.0 Å². The van der Waals surface area contributed by atoms with Gasteiger partial charge >= 0.3 is 5.97 Å². The summed E-state index contributed by atoms with van der Waals surface area (Å²) in [5, 5.41) is 4.72. The average molecular weight is 425 g/mol. The molecule has 0 spiro atoms. The number of aryl methyl sites for hydroxylation is 1. The van der Waals surface area contributed by atoms with Gasteiger partial charge in [-0.3, -0.25) is 4.79 Å². The van der Waals surface area contributed by atoms with Gasteiger partial charge in [0.2, 0.25) is 5.75 Å². The molecule has 8 heteroatoms. The van der Waals surface area contributed by atoms with Crippen molar-refractivity contribution in [3.05, 3.63) is 54.0 Å². The van der Waals surface area contributed by atoms with E-state index < -0.39 is 5.97 Å². The van der Waals surface area contributed by atoms with Crippen LogP contribution in [0.2, 0.25) is 0 Å². The molecule has 0 atom stereocenters. The Morgan fingerprint density at radius 2 is 1.97 bits per heavy atom. The molecule has 0 amide bonds. The molecule has 0 aliphatic heterocycles. The zero-order valence-corrected chi connectivity index (χ0v) is 18.3. The van der Waals surface area contributed by atoms with E-state index in [2.05, 4.69) is 18.8 Å². The van der Waals surface area contributed by atoms with E-state index >= 15 is 0 Å². The van der Waals surface area contributed by atoms with Gasteiger partial charge < -0.3 is 19.9 Å². The third-order valence-corrected chi connectivity index (χ3v) is 4.63. The zero-order valence-electron chi connectivity index (χ0n) is 18.3. The van der Waals surface area contributed by atoms with Crippen LogP contribution < -0.4 is 19.9 Å². The van der Waals surface area contributed by atoms with E-state index in [0.717, 1.165) is 29.9 Å². The number of nitrogens with two attached hydrogens (primary N) is 1. The highest BCUT2D eigenvalue weighted by atomic mass is 16.6. The molecule has 0 bridgehead atoms. The highest BCUT2D eigenvalue weighted by molar-refractivity contribution is 5.71. The second kappa shape index (κ2) is 9.97. The molecule has 2 heterocycles. The highest BCUT2D eigenvalue weighted by Gasteiger charge is 2.16. The van der Waals surface area contributed by atoms with Crippen LogP contribution in [0.25, 0.3) is 5.82 Å². The second-order valence-electron chi connectivity index (χ2n) is 7.42. The van der Waals surface area contributed by atoms with Crippen LogP contribution in [0.4, 0.5) is 5.69 Å². The van der Waals surface area contributed by atoms with Gasteiger partial charge in [0, 0.05) is 13.1 Å². The molecule has 0 fully saturated rings. The quantitative estimate of drug-likeness (QED) is 0.316. The van der Waals surface area contributed by atoms with Gasteiger partial charge in [0.1, 0.15) is 0 Å². The fraction of sp³-hybridized carbons (Fsp3) is 0.348. The smallest absolute Gasteiger partial charge is 0.308 e. The van der Waals surface area contributed by atoms with Crippen LogP contribution in [-0.2, 0) is 11.2 Å². The van der Waals surface area contributed by atoms with Gasteiger partial charge in [-0.25, -0.2) is 9.67 Å². The van der Waals surface area contributed by atoms with Crippen LogP contribution in [0, 0.1) is 0 Å². The molecule has 31 heavy (non-hydrogen) atoms. The Hall–Kier alpha value is -3.55. The topological polar surface area (TPSA) is 101 Å². The molecular formula is C23H28N4O4. The Bertz CT molecular complexity index is 1030. The Morgan fingerprint density at radius 1 is 1.19 bits per heavy atom. The maximum Gasteiger partial charge on any atom is 0.308 e. The molecule has 0 saturated carbocycles. The molecule has 164 valence electrons. The summed E-state index contributed by atoms with van der Waals surface area (Å²) in [6.07, 6.45) is 5.15. The molecule has 2 aromatic heterocycles. The third-order valence-electron chi connectivity index (χ3n) is 4.63. The number of benzene rings is 1. The predicted octanol–water partition coefficient (Wildman–Crippen LogP) is 3.92. The normalized spacial score (nSPS) is 10.9. The number of anilines is 1. The molecule has 8 nitrogen and oxygen atoms in total. The van der Waals surface area contributed by atoms with Gasteiger partial charge in [-0.1, -0.05) is 19.9 Å². The minimum absolute atomic E-state index is 0.274. The van der Waals surface area contributed by atoms with E-state index in [9.17, 15) is 4.79 Å². The highest BCUT2D eigenvalue weighted by Crippen LogP contribution is 2.37. The van der Waals surface area contributed by atoms with E-state index in [1.54, 1.807) is 42.3 Å². The number of ether oxygens (including phenoxy) is 3. The van der Waals surface area contributed by atoms with Crippen molar-refractivity contribution in [3.8, 4) is 23.1 Å². The molecule has 0 radical (unpaired) electrons. The van der Waals surface area contributed by atoms with Crippen molar-refractivity contribution in [2.75, 3.05) is 19.5 Å². The van der Waals surface area contributed by atoms with Crippen molar-refractivity contribution in [1.82, 2.24) is 14.8 Å². The second-order valence-corrected chi connectivity index (χ2v) is 7.42. The minimum atomic E-state index is -0.414. The zero-order chi connectivity index (χ0) is 22.4. The number of para-hydroxylation sites is 1. The van der Waals surface area contributed by atoms with E-state index in [-0.39, 0.29) is 5.92 Å². The summed E-state index contributed by atoms with van der Waals surface area (Å²) >= 11 is 0. The molecule has 2 N–H and O–H groups in total. The third kappa shape index (κ3) is 5.53. The van der Waals surface area contributed by atoms with Crippen LogP contribution in [-0.4, -0.2) is 34.5 Å². The first kappa shape index (κ1) is 22.1. The number of carbonyl (C=O) groups is 1. The number of pyridine rings is 1. The molecule has 3 rings (SSSR count). The van der Waals surface area contributed by atoms with Crippen LogP contribution in [0.15, 0.2) is 42.7 Å². The number of nitrogens with zero attached hydrogens (tertiary/aromatic N) is 3. The number of carbonyl (C=O) groups excluding carboxylic acids is 1. The predicted molar refractivity (Wildman–Crippen MR) is 118 cm³/mol. The molecule has 0 saturated heterocycles. The first-order valence-corrected chi connectivity index (χ1v) is 10.2. The summed E-state index contributed by atoms with van der Waals surface area (Å²) in [6.45, 7) is 6.01. The van der Waals surface area contributed by atoms with E-state index in [1.165, 1.54) is 6.92 Å². The SMILES string of the molecule is COc1cccc(OC(C)=O)c1OCCCc1cn(-c2ccc(N)cn2)nc1C(C)C. The Labute approximate surface area is 181 Å². The van der Waals surface area contributed by atoms with Gasteiger partial charge in [0.05, 0.1) is 31.3 Å². The van der Waals surface area contributed by atoms with Crippen molar-refractivity contribution in [2.24, 2.45) is 0 Å².